The maximum Gasteiger partial charge on any atom is 0.349 e. The van der Waals surface area contributed by atoms with Gasteiger partial charge in [-0.1, -0.05) is 36.4 Å². The molecule has 0 fully saturated rings. The summed E-state index contributed by atoms with van der Waals surface area (Å²) in [5, 5.41) is 3.39. The number of ether oxygens (including phenoxy) is 1. The fourth-order valence-electron chi connectivity index (χ4n) is 2.65. The lowest BCUT2D eigenvalue weighted by Crippen LogP contribution is -2.20. The smallest absolute Gasteiger partial charge is 0.349 e. The number of para-hydroxylation sites is 2. The highest BCUT2D eigenvalue weighted by Gasteiger charge is 2.14. The second-order valence-electron chi connectivity index (χ2n) is 5.88. The first kappa shape index (κ1) is 16.6. The fourth-order valence-corrected chi connectivity index (χ4v) is 2.65. The SMILES string of the molecule is O=C(Nc1ccc(Oc2ccccc2)cc1)c1cc2ccccc2oc1=O. The molecular formula is C22H15NO4. The predicted octanol–water partition coefficient (Wildman–Crippen LogP) is 4.84. The van der Waals surface area contributed by atoms with Crippen LogP contribution in [0.5, 0.6) is 11.5 Å². The summed E-state index contributed by atoms with van der Waals surface area (Å²) in [7, 11) is 0. The Morgan fingerprint density at radius 3 is 2.26 bits per heavy atom. The van der Waals surface area contributed by atoms with Crippen molar-refractivity contribution in [3.63, 3.8) is 0 Å². The summed E-state index contributed by atoms with van der Waals surface area (Å²) in [5.41, 5.74) is 0.281. The van der Waals surface area contributed by atoms with Gasteiger partial charge in [-0.3, -0.25) is 4.79 Å². The summed E-state index contributed by atoms with van der Waals surface area (Å²) in [5.74, 6) is 0.846. The molecule has 132 valence electrons. The zero-order chi connectivity index (χ0) is 18.6. The standard InChI is InChI=1S/C22H15NO4/c24-21(19-14-15-6-4-5-9-20(15)27-22(19)25)23-16-10-12-18(13-11-16)26-17-7-2-1-3-8-17/h1-14H,(H,23,24). The minimum absolute atomic E-state index is 0.0432. The largest absolute Gasteiger partial charge is 0.457 e. The molecule has 0 spiro atoms. The molecule has 27 heavy (non-hydrogen) atoms. The first-order chi connectivity index (χ1) is 13.2. The van der Waals surface area contributed by atoms with E-state index in [-0.39, 0.29) is 5.56 Å². The molecule has 5 nitrogen and oxygen atoms in total. The van der Waals surface area contributed by atoms with Crippen LogP contribution in [0.15, 0.2) is 94.1 Å². The summed E-state index contributed by atoms with van der Waals surface area (Å²) in [6.45, 7) is 0. The van der Waals surface area contributed by atoms with Crippen molar-refractivity contribution in [2.45, 2.75) is 0 Å². The number of rotatable bonds is 4. The van der Waals surface area contributed by atoms with E-state index in [0.29, 0.717) is 22.4 Å². The summed E-state index contributed by atoms with van der Waals surface area (Å²) in [6.07, 6.45) is 0. The number of anilines is 1. The highest BCUT2D eigenvalue weighted by molar-refractivity contribution is 6.05. The number of nitrogens with one attached hydrogen (secondary N) is 1. The van der Waals surface area contributed by atoms with Gasteiger partial charge < -0.3 is 14.5 Å². The molecule has 5 heteroatoms. The van der Waals surface area contributed by atoms with Gasteiger partial charge in [0.05, 0.1) is 0 Å². The minimum atomic E-state index is -0.671. The van der Waals surface area contributed by atoms with E-state index >= 15 is 0 Å². The van der Waals surface area contributed by atoms with Gasteiger partial charge in [-0.15, -0.1) is 0 Å². The topological polar surface area (TPSA) is 68.5 Å². The van der Waals surface area contributed by atoms with E-state index in [9.17, 15) is 9.59 Å². The predicted molar refractivity (Wildman–Crippen MR) is 103 cm³/mol. The molecule has 1 N–H and O–H groups in total. The summed E-state index contributed by atoms with van der Waals surface area (Å²) in [4.78, 5) is 24.5. The third-order valence-electron chi connectivity index (χ3n) is 3.98. The highest BCUT2D eigenvalue weighted by atomic mass is 16.5. The molecule has 0 aliphatic carbocycles. The van der Waals surface area contributed by atoms with Crippen molar-refractivity contribution in [3.8, 4) is 11.5 Å². The molecule has 0 aliphatic rings. The molecule has 0 bridgehead atoms. The number of carbonyl (C=O) groups is 1. The van der Waals surface area contributed by atoms with E-state index in [2.05, 4.69) is 5.32 Å². The number of carbonyl (C=O) groups excluding carboxylic acids is 1. The van der Waals surface area contributed by atoms with Gasteiger partial charge in [-0.05, 0) is 48.5 Å². The second-order valence-corrected chi connectivity index (χ2v) is 5.88. The van der Waals surface area contributed by atoms with E-state index < -0.39 is 11.5 Å². The van der Waals surface area contributed by atoms with Crippen LogP contribution in [-0.2, 0) is 0 Å². The molecule has 0 unspecified atom stereocenters. The molecule has 3 aromatic carbocycles. The Kier molecular flexibility index (Phi) is 4.41. The zero-order valence-corrected chi connectivity index (χ0v) is 14.2. The number of fused-ring (bicyclic) bond motifs is 1. The number of amides is 1. The average Bonchev–Trinajstić information content (AvgIpc) is 2.69. The van der Waals surface area contributed by atoms with Crippen LogP contribution in [0.2, 0.25) is 0 Å². The summed E-state index contributed by atoms with van der Waals surface area (Å²) in [6, 6.07) is 24.9. The van der Waals surface area contributed by atoms with Crippen molar-refractivity contribution < 1.29 is 13.9 Å². The maximum atomic E-state index is 12.5. The van der Waals surface area contributed by atoms with Crippen molar-refractivity contribution in [2.24, 2.45) is 0 Å². The molecule has 0 saturated heterocycles. The van der Waals surface area contributed by atoms with Crippen molar-refractivity contribution in [3.05, 3.63) is 101 Å². The Hall–Kier alpha value is -3.86. The Labute approximate surface area is 154 Å². The van der Waals surface area contributed by atoms with E-state index in [1.54, 1.807) is 42.5 Å². The Morgan fingerprint density at radius 1 is 0.815 bits per heavy atom. The normalized spacial score (nSPS) is 10.5. The van der Waals surface area contributed by atoms with Crippen LogP contribution in [-0.4, -0.2) is 5.91 Å². The van der Waals surface area contributed by atoms with Crippen LogP contribution in [0.25, 0.3) is 11.0 Å². The Bertz CT molecular complexity index is 1150. The molecule has 4 aromatic rings. The van der Waals surface area contributed by atoms with Crippen LogP contribution in [0.4, 0.5) is 5.69 Å². The van der Waals surface area contributed by atoms with Gasteiger partial charge in [-0.2, -0.15) is 0 Å². The third kappa shape index (κ3) is 3.72. The van der Waals surface area contributed by atoms with Crippen molar-refractivity contribution >= 4 is 22.6 Å². The van der Waals surface area contributed by atoms with E-state index in [0.717, 1.165) is 5.75 Å². The Balaban J connectivity index is 1.51. The minimum Gasteiger partial charge on any atom is -0.457 e. The second kappa shape index (κ2) is 7.17. The van der Waals surface area contributed by atoms with Gasteiger partial charge >= 0.3 is 5.63 Å². The van der Waals surface area contributed by atoms with Gasteiger partial charge in [0.25, 0.3) is 5.91 Å². The quantitative estimate of drug-likeness (QED) is 0.531. The number of hydrogen-bond donors (Lipinski definition) is 1. The monoisotopic (exact) mass is 357 g/mol. The molecule has 0 radical (unpaired) electrons. The van der Waals surface area contributed by atoms with Crippen molar-refractivity contribution in [1.82, 2.24) is 0 Å². The van der Waals surface area contributed by atoms with Gasteiger partial charge in [0.1, 0.15) is 22.6 Å². The fraction of sp³-hybridized carbons (Fsp3) is 0. The number of benzene rings is 3. The molecular weight excluding hydrogens is 342 g/mol. The van der Waals surface area contributed by atoms with Crippen LogP contribution in [0.3, 0.4) is 0 Å². The summed E-state index contributed by atoms with van der Waals surface area (Å²) >= 11 is 0. The number of hydrogen-bond acceptors (Lipinski definition) is 4. The molecule has 0 saturated carbocycles. The van der Waals surface area contributed by atoms with Gasteiger partial charge in [0.2, 0.25) is 0 Å². The van der Waals surface area contributed by atoms with Crippen molar-refractivity contribution in [1.29, 1.82) is 0 Å². The lowest BCUT2D eigenvalue weighted by molar-refractivity contribution is 0.102. The van der Waals surface area contributed by atoms with Gasteiger partial charge in [0, 0.05) is 11.1 Å². The maximum absolute atomic E-state index is 12.5. The molecule has 1 heterocycles. The van der Waals surface area contributed by atoms with Crippen LogP contribution in [0.1, 0.15) is 10.4 Å². The zero-order valence-electron chi connectivity index (χ0n) is 14.2. The molecule has 0 atom stereocenters. The molecule has 1 amide bonds. The lowest BCUT2D eigenvalue weighted by Gasteiger charge is -2.08. The Morgan fingerprint density at radius 2 is 1.48 bits per heavy atom. The third-order valence-corrected chi connectivity index (χ3v) is 3.98. The highest BCUT2D eigenvalue weighted by Crippen LogP contribution is 2.23. The van der Waals surface area contributed by atoms with Crippen LogP contribution < -0.4 is 15.7 Å². The molecule has 0 aliphatic heterocycles. The average molecular weight is 357 g/mol. The van der Waals surface area contributed by atoms with Gasteiger partial charge in [-0.25, -0.2) is 4.79 Å². The van der Waals surface area contributed by atoms with E-state index in [1.165, 1.54) is 6.07 Å². The first-order valence-electron chi connectivity index (χ1n) is 8.36. The molecule has 4 rings (SSSR count). The van der Waals surface area contributed by atoms with Crippen molar-refractivity contribution in [2.75, 3.05) is 5.32 Å². The first-order valence-corrected chi connectivity index (χ1v) is 8.36. The molecule has 1 aromatic heterocycles. The lowest BCUT2D eigenvalue weighted by atomic mass is 10.1. The van der Waals surface area contributed by atoms with Crippen LogP contribution >= 0.6 is 0 Å². The van der Waals surface area contributed by atoms with Gasteiger partial charge in [0.15, 0.2) is 0 Å². The van der Waals surface area contributed by atoms with Crippen LogP contribution in [0, 0.1) is 0 Å². The summed E-state index contributed by atoms with van der Waals surface area (Å²) < 4.78 is 10.9. The van der Waals surface area contributed by atoms with E-state index in [4.69, 9.17) is 9.15 Å². The van der Waals surface area contributed by atoms with E-state index in [1.807, 2.05) is 36.4 Å².